The molecule has 0 aliphatic rings. The minimum atomic E-state index is 0.461. The fourth-order valence-corrected chi connectivity index (χ4v) is 1.80. The van der Waals surface area contributed by atoms with Crippen molar-refractivity contribution in [2.45, 2.75) is 19.8 Å². The Morgan fingerprint density at radius 1 is 1.47 bits per heavy atom. The third-order valence-corrected chi connectivity index (χ3v) is 2.64. The van der Waals surface area contributed by atoms with E-state index in [2.05, 4.69) is 22.5 Å². The standard InChI is InChI=1S/C12H13N3/c1-3-12-14-10-5-4-9(6-7-13)8-11(10)15(12)2/h4-5,8H,3,6H2,1-2H3. The lowest BCUT2D eigenvalue weighted by atomic mass is 10.1. The van der Waals surface area contributed by atoms with Gasteiger partial charge in [-0.2, -0.15) is 5.26 Å². The second kappa shape index (κ2) is 3.74. The second-order valence-corrected chi connectivity index (χ2v) is 3.60. The van der Waals surface area contributed by atoms with Crippen molar-refractivity contribution < 1.29 is 0 Å². The summed E-state index contributed by atoms with van der Waals surface area (Å²) in [4.78, 5) is 4.51. The van der Waals surface area contributed by atoms with Crippen molar-refractivity contribution in [2.24, 2.45) is 7.05 Å². The molecule has 1 heterocycles. The highest BCUT2D eigenvalue weighted by Crippen LogP contribution is 2.17. The van der Waals surface area contributed by atoms with E-state index in [0.29, 0.717) is 6.42 Å². The molecule has 1 aromatic heterocycles. The lowest BCUT2D eigenvalue weighted by Gasteiger charge is -1.99. The molecule has 15 heavy (non-hydrogen) atoms. The van der Waals surface area contributed by atoms with E-state index in [1.165, 1.54) is 0 Å². The van der Waals surface area contributed by atoms with Gasteiger partial charge in [0.2, 0.25) is 0 Å². The molecule has 1 aromatic carbocycles. The number of nitriles is 1. The normalized spacial score (nSPS) is 10.5. The van der Waals surface area contributed by atoms with Gasteiger partial charge in [-0.25, -0.2) is 4.98 Å². The van der Waals surface area contributed by atoms with Crippen LogP contribution in [0.2, 0.25) is 0 Å². The Morgan fingerprint density at radius 3 is 2.93 bits per heavy atom. The van der Waals surface area contributed by atoms with Crippen molar-refractivity contribution in [3.63, 3.8) is 0 Å². The summed E-state index contributed by atoms with van der Waals surface area (Å²) in [5.74, 6) is 1.08. The summed E-state index contributed by atoms with van der Waals surface area (Å²) < 4.78 is 2.09. The summed E-state index contributed by atoms with van der Waals surface area (Å²) in [5, 5.41) is 8.64. The van der Waals surface area contributed by atoms with Crippen LogP contribution in [-0.4, -0.2) is 9.55 Å². The molecule has 0 aliphatic carbocycles. The zero-order chi connectivity index (χ0) is 10.8. The molecule has 0 fully saturated rings. The van der Waals surface area contributed by atoms with Crippen molar-refractivity contribution in [2.75, 3.05) is 0 Å². The number of imidazole rings is 1. The van der Waals surface area contributed by atoms with Crippen molar-refractivity contribution in [1.29, 1.82) is 5.26 Å². The van der Waals surface area contributed by atoms with Gasteiger partial charge in [0.1, 0.15) is 5.82 Å². The van der Waals surface area contributed by atoms with E-state index in [1.807, 2.05) is 25.2 Å². The van der Waals surface area contributed by atoms with Crippen molar-refractivity contribution in [1.82, 2.24) is 9.55 Å². The second-order valence-electron chi connectivity index (χ2n) is 3.60. The Kier molecular flexibility index (Phi) is 2.42. The number of hydrogen-bond acceptors (Lipinski definition) is 2. The van der Waals surface area contributed by atoms with Gasteiger partial charge in [-0.1, -0.05) is 13.0 Å². The molecule has 2 aromatic rings. The molecule has 0 saturated carbocycles. The lowest BCUT2D eigenvalue weighted by Crippen LogP contribution is -1.95. The van der Waals surface area contributed by atoms with Crippen molar-refractivity contribution >= 4 is 11.0 Å². The number of aromatic nitrogens is 2. The highest BCUT2D eigenvalue weighted by molar-refractivity contribution is 5.76. The highest BCUT2D eigenvalue weighted by atomic mass is 15.1. The zero-order valence-corrected chi connectivity index (χ0v) is 8.99. The summed E-state index contributed by atoms with van der Waals surface area (Å²) in [5.41, 5.74) is 3.17. The third kappa shape index (κ3) is 1.59. The van der Waals surface area contributed by atoms with Gasteiger partial charge in [0, 0.05) is 13.5 Å². The number of aryl methyl sites for hydroxylation is 2. The Morgan fingerprint density at radius 2 is 2.27 bits per heavy atom. The highest BCUT2D eigenvalue weighted by Gasteiger charge is 2.06. The van der Waals surface area contributed by atoms with Crippen LogP contribution in [0.1, 0.15) is 18.3 Å². The van der Waals surface area contributed by atoms with Crippen LogP contribution in [-0.2, 0) is 19.9 Å². The molecule has 76 valence electrons. The number of nitrogens with zero attached hydrogens (tertiary/aromatic N) is 3. The Balaban J connectivity index is 2.60. The van der Waals surface area contributed by atoms with Crippen LogP contribution < -0.4 is 0 Å². The molecule has 2 rings (SSSR count). The first kappa shape index (κ1) is 9.72. The van der Waals surface area contributed by atoms with E-state index < -0.39 is 0 Å². The predicted molar refractivity (Wildman–Crippen MR) is 59.4 cm³/mol. The van der Waals surface area contributed by atoms with Crippen molar-refractivity contribution in [3.05, 3.63) is 29.6 Å². The van der Waals surface area contributed by atoms with Crippen LogP contribution in [0.5, 0.6) is 0 Å². The molecule has 0 bridgehead atoms. The minimum absolute atomic E-state index is 0.461. The molecule has 0 saturated heterocycles. The molecule has 0 aliphatic heterocycles. The first-order chi connectivity index (χ1) is 7.26. The van der Waals surface area contributed by atoms with Crippen LogP contribution in [0.15, 0.2) is 18.2 Å². The average Bonchev–Trinajstić information content (AvgIpc) is 2.56. The van der Waals surface area contributed by atoms with Crippen LogP contribution in [0, 0.1) is 11.3 Å². The maximum Gasteiger partial charge on any atom is 0.109 e. The van der Waals surface area contributed by atoms with E-state index >= 15 is 0 Å². The van der Waals surface area contributed by atoms with Gasteiger partial charge in [-0.05, 0) is 17.7 Å². The molecular weight excluding hydrogens is 186 g/mol. The van der Waals surface area contributed by atoms with E-state index in [4.69, 9.17) is 5.26 Å². The zero-order valence-electron chi connectivity index (χ0n) is 8.99. The van der Waals surface area contributed by atoms with Crippen LogP contribution in [0.25, 0.3) is 11.0 Å². The largest absolute Gasteiger partial charge is 0.331 e. The number of benzene rings is 1. The molecule has 0 spiro atoms. The van der Waals surface area contributed by atoms with E-state index in [-0.39, 0.29) is 0 Å². The van der Waals surface area contributed by atoms with Gasteiger partial charge in [0.15, 0.2) is 0 Å². The Bertz CT molecular complexity index is 532. The van der Waals surface area contributed by atoms with Gasteiger partial charge in [-0.15, -0.1) is 0 Å². The van der Waals surface area contributed by atoms with Gasteiger partial charge < -0.3 is 4.57 Å². The summed E-state index contributed by atoms with van der Waals surface area (Å²) in [6.07, 6.45) is 1.39. The minimum Gasteiger partial charge on any atom is -0.331 e. The molecule has 0 atom stereocenters. The molecule has 3 heteroatoms. The van der Waals surface area contributed by atoms with E-state index in [1.54, 1.807) is 0 Å². The maximum absolute atomic E-state index is 8.64. The number of hydrogen-bond donors (Lipinski definition) is 0. The summed E-state index contributed by atoms with van der Waals surface area (Å²) in [6, 6.07) is 8.16. The lowest BCUT2D eigenvalue weighted by molar-refractivity contribution is 0.828. The molecular formula is C12H13N3. The summed E-state index contributed by atoms with van der Waals surface area (Å²) in [7, 11) is 2.02. The maximum atomic E-state index is 8.64. The van der Waals surface area contributed by atoms with E-state index in [0.717, 1.165) is 28.8 Å². The molecule has 0 radical (unpaired) electrons. The smallest absolute Gasteiger partial charge is 0.109 e. The Hall–Kier alpha value is -1.82. The first-order valence-electron chi connectivity index (χ1n) is 5.07. The molecule has 0 amide bonds. The quantitative estimate of drug-likeness (QED) is 0.744. The first-order valence-corrected chi connectivity index (χ1v) is 5.07. The van der Waals surface area contributed by atoms with Crippen molar-refractivity contribution in [3.8, 4) is 6.07 Å². The fourth-order valence-electron chi connectivity index (χ4n) is 1.80. The third-order valence-electron chi connectivity index (χ3n) is 2.64. The SMILES string of the molecule is CCc1nc2ccc(CC#N)cc2n1C. The van der Waals surface area contributed by atoms with Gasteiger partial charge in [-0.3, -0.25) is 0 Å². The molecule has 3 nitrogen and oxygen atoms in total. The monoisotopic (exact) mass is 199 g/mol. The van der Waals surface area contributed by atoms with Crippen LogP contribution >= 0.6 is 0 Å². The van der Waals surface area contributed by atoms with Crippen LogP contribution in [0.4, 0.5) is 0 Å². The Labute approximate surface area is 89.0 Å². The molecule has 0 N–H and O–H groups in total. The topological polar surface area (TPSA) is 41.6 Å². The fraction of sp³-hybridized carbons (Fsp3) is 0.333. The number of rotatable bonds is 2. The summed E-state index contributed by atoms with van der Waals surface area (Å²) in [6.45, 7) is 2.09. The van der Waals surface area contributed by atoms with Gasteiger partial charge in [0.25, 0.3) is 0 Å². The average molecular weight is 199 g/mol. The number of fused-ring (bicyclic) bond motifs is 1. The van der Waals surface area contributed by atoms with E-state index in [9.17, 15) is 0 Å². The predicted octanol–water partition coefficient (Wildman–Crippen LogP) is 2.20. The molecule has 0 unspecified atom stereocenters. The summed E-state index contributed by atoms with van der Waals surface area (Å²) >= 11 is 0. The van der Waals surface area contributed by atoms with Gasteiger partial charge in [0.05, 0.1) is 23.5 Å². The van der Waals surface area contributed by atoms with Gasteiger partial charge >= 0.3 is 0 Å². The van der Waals surface area contributed by atoms with Crippen LogP contribution in [0.3, 0.4) is 0 Å².